The van der Waals surface area contributed by atoms with Crippen molar-refractivity contribution in [3.63, 3.8) is 0 Å². The van der Waals surface area contributed by atoms with Crippen LogP contribution in [0.3, 0.4) is 0 Å². The number of amides is 2. The molecule has 0 spiro atoms. The molecule has 0 aliphatic heterocycles. The van der Waals surface area contributed by atoms with Crippen LogP contribution in [-0.4, -0.2) is 17.9 Å². The lowest BCUT2D eigenvalue weighted by molar-refractivity contribution is -0.118. The zero-order valence-electron chi connectivity index (χ0n) is 15.0. The van der Waals surface area contributed by atoms with Crippen molar-refractivity contribution in [3.05, 3.63) is 63.5 Å². The molecule has 1 heterocycles. The molecule has 5 heteroatoms. The molecule has 1 aliphatic carbocycles. The topological polar surface area (TPSA) is 58.2 Å². The summed E-state index contributed by atoms with van der Waals surface area (Å²) in [6.45, 7) is 1.97. The molecule has 136 valence electrons. The van der Waals surface area contributed by atoms with E-state index in [0.717, 1.165) is 36.1 Å². The van der Waals surface area contributed by atoms with E-state index >= 15 is 0 Å². The van der Waals surface area contributed by atoms with E-state index in [2.05, 4.69) is 10.6 Å². The Morgan fingerprint density at radius 1 is 1.08 bits per heavy atom. The number of benzene rings is 1. The summed E-state index contributed by atoms with van der Waals surface area (Å²) in [7, 11) is 0. The molecule has 0 radical (unpaired) electrons. The normalized spacial score (nSPS) is 15.5. The Hall–Kier alpha value is -2.40. The largest absolute Gasteiger partial charge is 0.348 e. The van der Waals surface area contributed by atoms with E-state index in [1.54, 1.807) is 18.2 Å². The van der Waals surface area contributed by atoms with Gasteiger partial charge < -0.3 is 10.6 Å². The third-order valence-electron chi connectivity index (χ3n) is 4.58. The molecule has 26 heavy (non-hydrogen) atoms. The number of thiophene rings is 1. The second-order valence-corrected chi connectivity index (χ2v) is 7.68. The minimum atomic E-state index is -0.272. The maximum absolute atomic E-state index is 12.8. The van der Waals surface area contributed by atoms with Gasteiger partial charge in [-0.15, -0.1) is 11.3 Å². The molecule has 0 atom stereocenters. The number of hydrogen-bond donors (Lipinski definition) is 2. The van der Waals surface area contributed by atoms with Crippen LogP contribution in [0.25, 0.3) is 6.08 Å². The molecule has 3 rings (SSSR count). The Labute approximate surface area is 158 Å². The quantitative estimate of drug-likeness (QED) is 0.774. The van der Waals surface area contributed by atoms with Crippen molar-refractivity contribution in [1.29, 1.82) is 0 Å². The number of nitrogens with one attached hydrogen (secondary N) is 2. The summed E-state index contributed by atoms with van der Waals surface area (Å²) < 4.78 is 0. The average Bonchev–Trinajstić information content (AvgIpc) is 3.15. The summed E-state index contributed by atoms with van der Waals surface area (Å²) in [5, 5.41) is 7.83. The fraction of sp³-hybridized carbons (Fsp3) is 0.333. The summed E-state index contributed by atoms with van der Waals surface area (Å²) in [6.07, 6.45) is 7.27. The minimum Gasteiger partial charge on any atom is -0.348 e. The SMILES string of the molecule is Cc1ccc(C(=O)N/C(=C\c2cccs2)C(=O)NC2CCCCC2)cc1. The highest BCUT2D eigenvalue weighted by Crippen LogP contribution is 2.18. The summed E-state index contributed by atoms with van der Waals surface area (Å²) in [4.78, 5) is 26.3. The fourth-order valence-corrected chi connectivity index (χ4v) is 3.74. The van der Waals surface area contributed by atoms with Gasteiger partial charge in [0.05, 0.1) is 0 Å². The molecule has 1 fully saturated rings. The Morgan fingerprint density at radius 2 is 1.81 bits per heavy atom. The van der Waals surface area contributed by atoms with Crippen LogP contribution >= 0.6 is 11.3 Å². The van der Waals surface area contributed by atoms with Crippen molar-refractivity contribution in [1.82, 2.24) is 10.6 Å². The van der Waals surface area contributed by atoms with Gasteiger partial charge in [-0.05, 0) is 49.4 Å². The standard InChI is InChI=1S/C21H24N2O2S/c1-15-9-11-16(12-10-15)20(24)23-19(14-18-8-5-13-26-18)21(25)22-17-6-3-2-4-7-17/h5,8-14,17H,2-4,6-7H2,1H3,(H,22,25)(H,23,24)/b19-14-. The highest BCUT2D eigenvalue weighted by atomic mass is 32.1. The van der Waals surface area contributed by atoms with Crippen molar-refractivity contribution >= 4 is 29.2 Å². The Balaban J connectivity index is 1.75. The van der Waals surface area contributed by atoms with E-state index in [9.17, 15) is 9.59 Å². The number of rotatable bonds is 5. The van der Waals surface area contributed by atoms with Crippen LogP contribution in [0.2, 0.25) is 0 Å². The monoisotopic (exact) mass is 368 g/mol. The van der Waals surface area contributed by atoms with E-state index in [1.165, 1.54) is 17.8 Å². The molecule has 1 aromatic heterocycles. The maximum atomic E-state index is 12.8. The van der Waals surface area contributed by atoms with Gasteiger partial charge in [-0.25, -0.2) is 0 Å². The van der Waals surface area contributed by atoms with Gasteiger partial charge in [0, 0.05) is 16.5 Å². The Kier molecular flexibility index (Phi) is 6.23. The second kappa shape index (κ2) is 8.81. The predicted octanol–water partition coefficient (Wildman–Crippen LogP) is 4.28. The summed E-state index contributed by atoms with van der Waals surface area (Å²) in [5.41, 5.74) is 1.92. The van der Waals surface area contributed by atoms with Gasteiger partial charge in [0.2, 0.25) is 0 Å². The van der Waals surface area contributed by atoms with E-state index in [4.69, 9.17) is 0 Å². The van der Waals surface area contributed by atoms with Crippen LogP contribution in [-0.2, 0) is 4.79 Å². The molecular formula is C21H24N2O2S. The fourth-order valence-electron chi connectivity index (χ4n) is 3.08. The predicted molar refractivity (Wildman–Crippen MR) is 106 cm³/mol. The van der Waals surface area contributed by atoms with Crippen molar-refractivity contribution in [2.24, 2.45) is 0 Å². The average molecular weight is 369 g/mol. The third-order valence-corrected chi connectivity index (χ3v) is 5.40. The van der Waals surface area contributed by atoms with Gasteiger partial charge in [-0.2, -0.15) is 0 Å². The van der Waals surface area contributed by atoms with E-state index in [-0.39, 0.29) is 17.9 Å². The first-order valence-electron chi connectivity index (χ1n) is 9.06. The molecule has 2 amide bonds. The Morgan fingerprint density at radius 3 is 2.46 bits per heavy atom. The van der Waals surface area contributed by atoms with Crippen LogP contribution in [0.1, 0.15) is 52.9 Å². The molecule has 2 N–H and O–H groups in total. The minimum absolute atomic E-state index is 0.194. The lowest BCUT2D eigenvalue weighted by atomic mass is 9.95. The van der Waals surface area contributed by atoms with Gasteiger partial charge in [-0.1, -0.05) is 43.0 Å². The molecule has 1 aliphatic rings. The van der Waals surface area contributed by atoms with Crippen LogP contribution in [0, 0.1) is 6.92 Å². The van der Waals surface area contributed by atoms with Gasteiger partial charge in [-0.3, -0.25) is 9.59 Å². The van der Waals surface area contributed by atoms with Crippen molar-refractivity contribution in [2.45, 2.75) is 45.1 Å². The molecule has 4 nitrogen and oxygen atoms in total. The first-order valence-corrected chi connectivity index (χ1v) is 9.94. The number of carbonyl (C=O) groups excluding carboxylic acids is 2. The maximum Gasteiger partial charge on any atom is 0.268 e. The van der Waals surface area contributed by atoms with E-state index < -0.39 is 0 Å². The van der Waals surface area contributed by atoms with Crippen LogP contribution in [0.15, 0.2) is 47.5 Å². The van der Waals surface area contributed by atoms with Crippen LogP contribution in [0.5, 0.6) is 0 Å². The number of carbonyl (C=O) groups is 2. The molecule has 0 bridgehead atoms. The number of hydrogen-bond acceptors (Lipinski definition) is 3. The van der Waals surface area contributed by atoms with E-state index in [1.807, 2.05) is 36.6 Å². The molecule has 0 unspecified atom stereocenters. The van der Waals surface area contributed by atoms with Gasteiger partial charge in [0.25, 0.3) is 11.8 Å². The Bertz CT molecular complexity index is 773. The molecule has 1 aromatic carbocycles. The summed E-state index contributed by atoms with van der Waals surface area (Å²) >= 11 is 1.53. The van der Waals surface area contributed by atoms with Crippen LogP contribution < -0.4 is 10.6 Å². The lowest BCUT2D eigenvalue weighted by Gasteiger charge is -2.23. The zero-order valence-corrected chi connectivity index (χ0v) is 15.8. The van der Waals surface area contributed by atoms with Gasteiger partial charge >= 0.3 is 0 Å². The van der Waals surface area contributed by atoms with Gasteiger partial charge in [0.15, 0.2) is 0 Å². The molecule has 0 saturated heterocycles. The van der Waals surface area contributed by atoms with Crippen LogP contribution in [0.4, 0.5) is 0 Å². The van der Waals surface area contributed by atoms with Crippen molar-refractivity contribution < 1.29 is 9.59 Å². The third kappa shape index (κ3) is 5.05. The second-order valence-electron chi connectivity index (χ2n) is 6.70. The van der Waals surface area contributed by atoms with Gasteiger partial charge in [0.1, 0.15) is 5.70 Å². The van der Waals surface area contributed by atoms with Crippen molar-refractivity contribution in [2.75, 3.05) is 0 Å². The highest BCUT2D eigenvalue weighted by Gasteiger charge is 2.20. The van der Waals surface area contributed by atoms with E-state index in [0.29, 0.717) is 11.3 Å². The first kappa shape index (κ1) is 18.4. The smallest absolute Gasteiger partial charge is 0.268 e. The molecule has 1 saturated carbocycles. The lowest BCUT2D eigenvalue weighted by Crippen LogP contribution is -2.41. The summed E-state index contributed by atoms with van der Waals surface area (Å²) in [5.74, 6) is -0.489. The summed E-state index contributed by atoms with van der Waals surface area (Å²) in [6, 6.07) is 11.4. The molecule has 2 aromatic rings. The number of aryl methyl sites for hydroxylation is 1. The first-order chi connectivity index (χ1) is 12.6. The highest BCUT2D eigenvalue weighted by molar-refractivity contribution is 7.10. The van der Waals surface area contributed by atoms with Crippen molar-refractivity contribution in [3.8, 4) is 0 Å². The zero-order chi connectivity index (χ0) is 18.4. The molecular weight excluding hydrogens is 344 g/mol.